The standard InChI is InChI=1S/C13H16N4O/c1-8-9(6-7-14-8)12(18)17-13-15-10-4-2-3-5-11(10)16-13/h2-5,8-9,14H,6-7H2,1H3,(H2,15,16,17,18). The Morgan fingerprint density at radius 1 is 1.44 bits per heavy atom. The summed E-state index contributed by atoms with van der Waals surface area (Å²) >= 11 is 0. The van der Waals surface area contributed by atoms with Crippen molar-refractivity contribution in [2.75, 3.05) is 11.9 Å². The molecule has 0 bridgehead atoms. The highest BCUT2D eigenvalue weighted by molar-refractivity contribution is 5.93. The number of rotatable bonds is 2. The van der Waals surface area contributed by atoms with Gasteiger partial charge in [0, 0.05) is 6.04 Å². The molecule has 1 amide bonds. The van der Waals surface area contributed by atoms with Gasteiger partial charge in [0.2, 0.25) is 11.9 Å². The predicted octanol–water partition coefficient (Wildman–Crippen LogP) is 1.50. The van der Waals surface area contributed by atoms with Gasteiger partial charge in [0.05, 0.1) is 17.0 Å². The van der Waals surface area contributed by atoms with Gasteiger partial charge in [-0.15, -0.1) is 0 Å². The molecule has 3 N–H and O–H groups in total. The van der Waals surface area contributed by atoms with E-state index in [4.69, 9.17) is 0 Å². The number of imidazole rings is 1. The van der Waals surface area contributed by atoms with Crippen LogP contribution in [0.3, 0.4) is 0 Å². The number of hydrogen-bond donors (Lipinski definition) is 3. The average molecular weight is 244 g/mol. The second kappa shape index (κ2) is 4.42. The number of nitrogens with zero attached hydrogens (tertiary/aromatic N) is 1. The molecule has 1 fully saturated rings. The molecule has 1 aliphatic heterocycles. The van der Waals surface area contributed by atoms with Crippen LogP contribution in [-0.4, -0.2) is 28.5 Å². The number of aromatic amines is 1. The van der Waals surface area contributed by atoms with Gasteiger partial charge in [-0.2, -0.15) is 0 Å². The van der Waals surface area contributed by atoms with Gasteiger partial charge in [0.25, 0.3) is 0 Å². The second-order valence-electron chi connectivity index (χ2n) is 4.73. The van der Waals surface area contributed by atoms with Gasteiger partial charge in [0.15, 0.2) is 0 Å². The summed E-state index contributed by atoms with van der Waals surface area (Å²) in [5.41, 5.74) is 1.80. The Kier molecular flexibility index (Phi) is 2.76. The van der Waals surface area contributed by atoms with E-state index in [2.05, 4.69) is 20.6 Å². The number of aromatic nitrogens is 2. The Balaban J connectivity index is 1.77. The molecular weight excluding hydrogens is 228 g/mol. The van der Waals surface area contributed by atoms with Crippen LogP contribution in [-0.2, 0) is 4.79 Å². The minimum absolute atomic E-state index is 0.0261. The third-order valence-electron chi connectivity index (χ3n) is 3.49. The Morgan fingerprint density at radius 2 is 2.28 bits per heavy atom. The highest BCUT2D eigenvalue weighted by Crippen LogP contribution is 2.18. The van der Waals surface area contributed by atoms with Crippen molar-refractivity contribution in [2.24, 2.45) is 5.92 Å². The van der Waals surface area contributed by atoms with Gasteiger partial charge in [-0.1, -0.05) is 12.1 Å². The van der Waals surface area contributed by atoms with Crippen LogP contribution in [0.1, 0.15) is 13.3 Å². The van der Waals surface area contributed by atoms with Crippen molar-refractivity contribution < 1.29 is 4.79 Å². The first kappa shape index (κ1) is 11.2. The highest BCUT2D eigenvalue weighted by Gasteiger charge is 2.29. The maximum atomic E-state index is 12.1. The number of amides is 1. The molecule has 1 aromatic heterocycles. The Labute approximate surface area is 105 Å². The normalized spacial score (nSPS) is 23.4. The Hall–Kier alpha value is -1.88. The van der Waals surface area contributed by atoms with Crippen LogP contribution in [0.25, 0.3) is 11.0 Å². The summed E-state index contributed by atoms with van der Waals surface area (Å²) in [6.45, 7) is 2.94. The van der Waals surface area contributed by atoms with Crippen molar-refractivity contribution in [1.29, 1.82) is 0 Å². The van der Waals surface area contributed by atoms with Crippen LogP contribution in [0.15, 0.2) is 24.3 Å². The zero-order valence-corrected chi connectivity index (χ0v) is 10.2. The smallest absolute Gasteiger partial charge is 0.231 e. The molecular formula is C13H16N4O. The number of fused-ring (bicyclic) bond motifs is 1. The fraction of sp³-hybridized carbons (Fsp3) is 0.385. The molecule has 2 aromatic rings. The minimum Gasteiger partial charge on any atom is -0.324 e. The summed E-state index contributed by atoms with van der Waals surface area (Å²) in [5, 5.41) is 6.13. The first-order valence-corrected chi connectivity index (χ1v) is 6.23. The van der Waals surface area contributed by atoms with E-state index < -0.39 is 0 Å². The minimum atomic E-state index is 0.0261. The number of para-hydroxylation sites is 2. The molecule has 1 aromatic carbocycles. The van der Waals surface area contributed by atoms with E-state index in [-0.39, 0.29) is 17.9 Å². The lowest BCUT2D eigenvalue weighted by molar-refractivity contribution is -0.120. The van der Waals surface area contributed by atoms with E-state index in [0.29, 0.717) is 5.95 Å². The maximum Gasteiger partial charge on any atom is 0.231 e. The summed E-state index contributed by atoms with van der Waals surface area (Å²) in [5.74, 6) is 0.588. The molecule has 3 rings (SSSR count). The van der Waals surface area contributed by atoms with E-state index in [0.717, 1.165) is 24.0 Å². The van der Waals surface area contributed by atoms with Crippen molar-refractivity contribution in [3.8, 4) is 0 Å². The van der Waals surface area contributed by atoms with Crippen molar-refractivity contribution in [3.63, 3.8) is 0 Å². The maximum absolute atomic E-state index is 12.1. The molecule has 0 saturated carbocycles. The topological polar surface area (TPSA) is 69.8 Å². The first-order chi connectivity index (χ1) is 8.74. The van der Waals surface area contributed by atoms with Gasteiger partial charge < -0.3 is 10.3 Å². The number of carbonyl (C=O) groups excluding carboxylic acids is 1. The second-order valence-corrected chi connectivity index (χ2v) is 4.73. The molecule has 94 valence electrons. The molecule has 18 heavy (non-hydrogen) atoms. The number of nitrogens with one attached hydrogen (secondary N) is 3. The summed E-state index contributed by atoms with van der Waals surface area (Å²) in [4.78, 5) is 19.5. The Morgan fingerprint density at radius 3 is 3.00 bits per heavy atom. The molecule has 2 atom stereocenters. The summed E-state index contributed by atoms with van der Waals surface area (Å²) in [6.07, 6.45) is 0.882. The fourth-order valence-corrected chi connectivity index (χ4v) is 2.44. The number of benzene rings is 1. The summed E-state index contributed by atoms with van der Waals surface area (Å²) in [7, 11) is 0. The molecule has 1 aliphatic rings. The Bertz CT molecular complexity index is 544. The summed E-state index contributed by atoms with van der Waals surface area (Å²) < 4.78 is 0. The molecule has 2 unspecified atom stereocenters. The van der Waals surface area contributed by atoms with Crippen LogP contribution in [0.5, 0.6) is 0 Å². The highest BCUT2D eigenvalue weighted by atomic mass is 16.2. The molecule has 5 nitrogen and oxygen atoms in total. The SMILES string of the molecule is CC1NCCC1C(=O)Nc1nc2ccccc2[nH]1. The zero-order chi connectivity index (χ0) is 12.5. The van der Waals surface area contributed by atoms with Gasteiger partial charge in [0.1, 0.15) is 0 Å². The van der Waals surface area contributed by atoms with Gasteiger partial charge in [-0.25, -0.2) is 4.98 Å². The van der Waals surface area contributed by atoms with E-state index in [9.17, 15) is 4.79 Å². The quantitative estimate of drug-likeness (QED) is 0.749. The molecule has 1 saturated heterocycles. The molecule has 0 radical (unpaired) electrons. The van der Waals surface area contributed by atoms with Gasteiger partial charge in [-0.3, -0.25) is 10.1 Å². The van der Waals surface area contributed by atoms with Crippen molar-refractivity contribution in [3.05, 3.63) is 24.3 Å². The lowest BCUT2D eigenvalue weighted by Crippen LogP contribution is -2.32. The van der Waals surface area contributed by atoms with E-state index in [1.54, 1.807) is 0 Å². The van der Waals surface area contributed by atoms with Crippen LogP contribution in [0.4, 0.5) is 5.95 Å². The zero-order valence-electron chi connectivity index (χ0n) is 10.2. The third-order valence-corrected chi connectivity index (χ3v) is 3.49. The van der Waals surface area contributed by atoms with Crippen molar-refractivity contribution in [2.45, 2.75) is 19.4 Å². The van der Waals surface area contributed by atoms with Crippen molar-refractivity contribution >= 4 is 22.9 Å². The van der Waals surface area contributed by atoms with Crippen LogP contribution in [0.2, 0.25) is 0 Å². The lowest BCUT2D eigenvalue weighted by atomic mass is 10.0. The van der Waals surface area contributed by atoms with Crippen molar-refractivity contribution in [1.82, 2.24) is 15.3 Å². The molecule has 0 spiro atoms. The monoisotopic (exact) mass is 244 g/mol. The van der Waals surface area contributed by atoms with Crippen LogP contribution in [0, 0.1) is 5.92 Å². The lowest BCUT2D eigenvalue weighted by Gasteiger charge is -2.13. The average Bonchev–Trinajstić information content (AvgIpc) is 2.94. The van der Waals surface area contributed by atoms with Gasteiger partial charge in [-0.05, 0) is 32.0 Å². The van der Waals surface area contributed by atoms with E-state index >= 15 is 0 Å². The van der Waals surface area contributed by atoms with E-state index in [1.165, 1.54) is 0 Å². The molecule has 0 aliphatic carbocycles. The van der Waals surface area contributed by atoms with Gasteiger partial charge >= 0.3 is 0 Å². The number of hydrogen-bond acceptors (Lipinski definition) is 3. The third kappa shape index (κ3) is 1.97. The van der Waals surface area contributed by atoms with E-state index in [1.807, 2.05) is 31.2 Å². The largest absolute Gasteiger partial charge is 0.324 e. The fourth-order valence-electron chi connectivity index (χ4n) is 2.44. The number of anilines is 1. The summed E-state index contributed by atoms with van der Waals surface area (Å²) in [6, 6.07) is 7.96. The number of carbonyl (C=O) groups is 1. The molecule has 2 heterocycles. The predicted molar refractivity (Wildman–Crippen MR) is 70.3 cm³/mol. The van der Waals surface area contributed by atoms with Crippen LogP contribution < -0.4 is 10.6 Å². The number of H-pyrrole nitrogens is 1. The first-order valence-electron chi connectivity index (χ1n) is 6.23. The van der Waals surface area contributed by atoms with Crippen LogP contribution >= 0.6 is 0 Å². The molecule has 5 heteroatoms.